The van der Waals surface area contributed by atoms with Gasteiger partial charge < -0.3 is 26.0 Å². The lowest BCUT2D eigenvalue weighted by Crippen LogP contribution is -2.21. The number of hydrogen-bond donors (Lipinski definition) is 3. The van der Waals surface area contributed by atoms with Crippen molar-refractivity contribution >= 4 is 12.2 Å². The molecule has 1 rings (SSSR count). The van der Waals surface area contributed by atoms with Gasteiger partial charge in [0.05, 0.1) is 20.4 Å². The Morgan fingerprint density at radius 3 is 2.53 bits per heavy atom. The molecule has 92 valence electrons. The summed E-state index contributed by atoms with van der Waals surface area (Å²) in [4.78, 5) is 0. The normalized spacial score (nSPS) is 10.2. The molecule has 0 saturated heterocycles. The third-order valence-electron chi connectivity index (χ3n) is 1.90. The van der Waals surface area contributed by atoms with Crippen LogP contribution in [0, 0.1) is 0 Å². The Morgan fingerprint density at radius 1 is 1.29 bits per heavy atom. The number of rotatable bonds is 4. The van der Waals surface area contributed by atoms with E-state index < -0.39 is 0 Å². The monoisotopic (exact) mass is 238 g/mol. The molecule has 0 spiro atoms. The van der Waals surface area contributed by atoms with E-state index in [9.17, 15) is 5.11 Å². The van der Waals surface area contributed by atoms with E-state index in [2.05, 4.69) is 10.2 Å². The Bertz CT molecular complexity index is 453. The maximum Gasteiger partial charge on any atom is 0.211 e. The number of guanidine groups is 1. The average Bonchev–Trinajstić information content (AvgIpc) is 2.31. The third kappa shape index (κ3) is 3.26. The summed E-state index contributed by atoms with van der Waals surface area (Å²) in [5, 5.41) is 16.8. The molecule has 0 aliphatic rings. The molecule has 0 fully saturated rings. The number of methoxy groups -OCH3 is 2. The number of nitrogens with two attached hydrogens (primary N) is 2. The average molecular weight is 238 g/mol. The standard InChI is InChI=1S/C10H14N4O3/c1-16-7-3-6(5-13-14-10(11)12)9(15)8(4-7)17-2/h3-5,15H,1-2H3,(H4,11,12,14). The topological polar surface area (TPSA) is 115 Å². The zero-order chi connectivity index (χ0) is 12.8. The predicted molar refractivity (Wildman–Crippen MR) is 64.6 cm³/mol. The third-order valence-corrected chi connectivity index (χ3v) is 1.90. The van der Waals surface area contributed by atoms with E-state index in [1.807, 2.05) is 0 Å². The zero-order valence-corrected chi connectivity index (χ0v) is 9.54. The van der Waals surface area contributed by atoms with Gasteiger partial charge in [-0.3, -0.25) is 0 Å². The SMILES string of the molecule is COc1cc(C=NN=C(N)N)c(O)c(OC)c1. The minimum Gasteiger partial charge on any atom is -0.504 e. The molecule has 0 amide bonds. The lowest BCUT2D eigenvalue weighted by molar-refractivity contribution is 0.364. The van der Waals surface area contributed by atoms with Gasteiger partial charge in [0, 0.05) is 11.6 Å². The van der Waals surface area contributed by atoms with Crippen LogP contribution in [-0.2, 0) is 0 Å². The highest BCUT2D eigenvalue weighted by atomic mass is 16.5. The predicted octanol–water partition coefficient (Wildman–Crippen LogP) is 0.0167. The number of ether oxygens (including phenoxy) is 2. The molecule has 0 heterocycles. The first kappa shape index (κ1) is 12.6. The second kappa shape index (κ2) is 5.59. The smallest absolute Gasteiger partial charge is 0.211 e. The van der Waals surface area contributed by atoms with Crippen LogP contribution in [0.5, 0.6) is 17.2 Å². The van der Waals surface area contributed by atoms with Crippen molar-refractivity contribution in [3.63, 3.8) is 0 Å². The zero-order valence-electron chi connectivity index (χ0n) is 9.54. The summed E-state index contributed by atoms with van der Waals surface area (Å²) in [6.45, 7) is 0. The molecule has 17 heavy (non-hydrogen) atoms. The molecule has 5 N–H and O–H groups in total. The Labute approximate surface area is 98.4 Å². The summed E-state index contributed by atoms with van der Waals surface area (Å²) in [6.07, 6.45) is 1.29. The summed E-state index contributed by atoms with van der Waals surface area (Å²) in [5.41, 5.74) is 10.6. The fourth-order valence-corrected chi connectivity index (χ4v) is 1.13. The fraction of sp³-hybridized carbons (Fsp3) is 0.200. The van der Waals surface area contributed by atoms with Crippen molar-refractivity contribution in [3.05, 3.63) is 17.7 Å². The van der Waals surface area contributed by atoms with Gasteiger partial charge in [-0.05, 0) is 6.07 Å². The summed E-state index contributed by atoms with van der Waals surface area (Å²) in [7, 11) is 2.94. The van der Waals surface area contributed by atoms with Crippen LogP contribution in [0.3, 0.4) is 0 Å². The van der Waals surface area contributed by atoms with Crippen LogP contribution in [0.25, 0.3) is 0 Å². The minimum absolute atomic E-state index is 0.0668. The summed E-state index contributed by atoms with van der Waals surface area (Å²) >= 11 is 0. The van der Waals surface area contributed by atoms with Crippen molar-refractivity contribution in [1.29, 1.82) is 0 Å². The van der Waals surface area contributed by atoms with Gasteiger partial charge in [-0.15, -0.1) is 5.10 Å². The first-order chi connectivity index (χ1) is 8.08. The molecule has 7 nitrogen and oxygen atoms in total. The van der Waals surface area contributed by atoms with Gasteiger partial charge in [0.15, 0.2) is 11.5 Å². The van der Waals surface area contributed by atoms with E-state index in [1.165, 1.54) is 20.4 Å². The maximum atomic E-state index is 9.79. The van der Waals surface area contributed by atoms with E-state index in [1.54, 1.807) is 12.1 Å². The van der Waals surface area contributed by atoms with E-state index in [0.717, 1.165) is 0 Å². The fourth-order valence-electron chi connectivity index (χ4n) is 1.13. The lowest BCUT2D eigenvalue weighted by Gasteiger charge is -2.08. The van der Waals surface area contributed by atoms with Gasteiger partial charge in [0.1, 0.15) is 5.75 Å². The van der Waals surface area contributed by atoms with E-state index in [4.69, 9.17) is 20.9 Å². The molecule has 0 atom stereocenters. The van der Waals surface area contributed by atoms with Crippen molar-refractivity contribution in [2.75, 3.05) is 14.2 Å². The molecular formula is C10H14N4O3. The number of phenolic OH excluding ortho intramolecular Hbond substituents is 1. The number of nitrogens with zero attached hydrogens (tertiary/aromatic N) is 2. The van der Waals surface area contributed by atoms with Crippen molar-refractivity contribution in [1.82, 2.24) is 0 Å². The molecule has 0 radical (unpaired) electrons. The summed E-state index contributed by atoms with van der Waals surface area (Å²) in [6, 6.07) is 3.12. The molecule has 7 heteroatoms. The van der Waals surface area contributed by atoms with Crippen molar-refractivity contribution < 1.29 is 14.6 Å². The Hall–Kier alpha value is -2.44. The summed E-state index contributed by atoms with van der Waals surface area (Å²) < 4.78 is 10.0. The first-order valence-electron chi connectivity index (χ1n) is 4.65. The second-order valence-electron chi connectivity index (χ2n) is 3.04. The van der Waals surface area contributed by atoms with Gasteiger partial charge in [0.25, 0.3) is 0 Å². The molecule has 0 aliphatic carbocycles. The number of aromatic hydroxyl groups is 1. The number of benzene rings is 1. The number of phenols is 1. The van der Waals surface area contributed by atoms with Gasteiger partial charge in [-0.25, -0.2) is 0 Å². The maximum absolute atomic E-state index is 9.79. The highest BCUT2D eigenvalue weighted by molar-refractivity contribution is 5.86. The largest absolute Gasteiger partial charge is 0.504 e. The first-order valence-corrected chi connectivity index (χ1v) is 4.65. The molecule has 1 aromatic rings. The Kier molecular flexibility index (Phi) is 4.15. The van der Waals surface area contributed by atoms with Crippen LogP contribution < -0.4 is 20.9 Å². The Morgan fingerprint density at radius 2 is 2.00 bits per heavy atom. The van der Waals surface area contributed by atoms with Gasteiger partial charge in [-0.2, -0.15) is 5.10 Å². The Balaban J connectivity index is 3.13. The highest BCUT2D eigenvalue weighted by Crippen LogP contribution is 2.33. The second-order valence-corrected chi connectivity index (χ2v) is 3.04. The van der Waals surface area contributed by atoms with Crippen LogP contribution in [0.4, 0.5) is 0 Å². The van der Waals surface area contributed by atoms with E-state index in [-0.39, 0.29) is 17.5 Å². The van der Waals surface area contributed by atoms with Crippen LogP contribution in [0.2, 0.25) is 0 Å². The van der Waals surface area contributed by atoms with Crippen molar-refractivity contribution in [2.45, 2.75) is 0 Å². The molecule has 0 saturated carbocycles. The van der Waals surface area contributed by atoms with Crippen LogP contribution >= 0.6 is 0 Å². The minimum atomic E-state index is -0.171. The van der Waals surface area contributed by atoms with E-state index in [0.29, 0.717) is 11.3 Å². The van der Waals surface area contributed by atoms with Gasteiger partial charge in [-0.1, -0.05) is 0 Å². The lowest BCUT2D eigenvalue weighted by atomic mass is 10.2. The van der Waals surface area contributed by atoms with Gasteiger partial charge >= 0.3 is 0 Å². The molecule has 0 bridgehead atoms. The van der Waals surface area contributed by atoms with Crippen molar-refractivity contribution in [2.24, 2.45) is 21.7 Å². The molecule has 1 aromatic carbocycles. The summed E-state index contributed by atoms with van der Waals surface area (Å²) in [5.74, 6) is 0.555. The quantitative estimate of drug-likeness (QED) is 0.388. The molecule has 0 unspecified atom stereocenters. The highest BCUT2D eigenvalue weighted by Gasteiger charge is 2.09. The number of hydrogen-bond acceptors (Lipinski definition) is 5. The molecule has 0 aromatic heterocycles. The van der Waals surface area contributed by atoms with Crippen molar-refractivity contribution in [3.8, 4) is 17.2 Å². The molecular weight excluding hydrogens is 224 g/mol. The van der Waals surface area contributed by atoms with Crippen LogP contribution in [-0.4, -0.2) is 31.5 Å². The molecule has 0 aliphatic heterocycles. The van der Waals surface area contributed by atoms with Crippen LogP contribution in [0.15, 0.2) is 22.3 Å². The van der Waals surface area contributed by atoms with Gasteiger partial charge in [0.2, 0.25) is 5.96 Å². The van der Waals surface area contributed by atoms with E-state index >= 15 is 0 Å². The van der Waals surface area contributed by atoms with Crippen LogP contribution in [0.1, 0.15) is 5.56 Å².